The fourth-order valence-electron chi connectivity index (χ4n) is 2.78. The fourth-order valence-corrected chi connectivity index (χ4v) is 3.96. The predicted octanol–water partition coefficient (Wildman–Crippen LogP) is 3.61. The van der Waals surface area contributed by atoms with Gasteiger partial charge in [-0.25, -0.2) is 4.98 Å². The second kappa shape index (κ2) is 6.84. The van der Waals surface area contributed by atoms with Crippen LogP contribution < -0.4 is 5.32 Å². The smallest absolute Gasteiger partial charge is 0.275 e. The van der Waals surface area contributed by atoms with Crippen LogP contribution >= 0.6 is 35.2 Å². The van der Waals surface area contributed by atoms with Gasteiger partial charge in [-0.2, -0.15) is 0 Å². The van der Waals surface area contributed by atoms with Gasteiger partial charge in [-0.3, -0.25) is 9.36 Å². The third kappa shape index (κ3) is 2.92. The number of aromatic nitrogens is 3. The van der Waals surface area contributed by atoms with Crippen molar-refractivity contribution in [2.45, 2.75) is 13.2 Å². The molecule has 2 aromatic heterocycles. The van der Waals surface area contributed by atoms with Crippen molar-refractivity contribution in [3.8, 4) is 11.6 Å². The van der Waals surface area contributed by atoms with Crippen molar-refractivity contribution >= 4 is 46.8 Å². The summed E-state index contributed by atoms with van der Waals surface area (Å²) >= 11 is 13.2. The maximum absolute atomic E-state index is 12.1. The lowest BCUT2D eigenvalue weighted by Gasteiger charge is -2.14. The number of hydrogen-bond donors (Lipinski definition) is 2. The molecule has 0 bridgehead atoms. The zero-order chi connectivity index (χ0) is 18.3. The lowest BCUT2D eigenvalue weighted by atomic mass is 10.2. The predicted molar refractivity (Wildman–Crippen MR) is 101 cm³/mol. The Kier molecular flexibility index (Phi) is 4.53. The highest BCUT2D eigenvalue weighted by Gasteiger charge is 2.22. The number of rotatable bonds is 3. The molecule has 0 spiro atoms. The molecule has 2 N–H and O–H groups in total. The highest BCUT2D eigenvalue weighted by molar-refractivity contribution is 7.71. The Labute approximate surface area is 162 Å². The van der Waals surface area contributed by atoms with E-state index in [1.165, 1.54) is 15.9 Å². The van der Waals surface area contributed by atoms with E-state index in [-0.39, 0.29) is 11.8 Å². The molecule has 0 radical (unpaired) electrons. The number of fused-ring (bicyclic) bond motifs is 1. The molecule has 134 valence electrons. The Morgan fingerprint density at radius 3 is 3.00 bits per heavy atom. The second-order valence-electron chi connectivity index (χ2n) is 5.59. The van der Waals surface area contributed by atoms with Crippen molar-refractivity contribution in [1.29, 1.82) is 0 Å². The van der Waals surface area contributed by atoms with Crippen LogP contribution in [0.5, 0.6) is 5.88 Å². The molecule has 0 unspecified atom stereocenters. The number of ether oxygens (including phenoxy) is 1. The second-order valence-corrected chi connectivity index (χ2v) is 7.08. The Morgan fingerprint density at radius 1 is 1.46 bits per heavy atom. The largest absolute Gasteiger partial charge is 0.493 e. The number of hydrogen-bond acceptors (Lipinski definition) is 6. The molecule has 7 nitrogen and oxygen atoms in total. The van der Waals surface area contributed by atoms with Crippen LogP contribution in [0.2, 0.25) is 5.02 Å². The molecule has 3 aromatic rings. The Balaban J connectivity index is 1.68. The number of carbonyl (C=O) groups is 1. The third-order valence-corrected chi connectivity index (χ3v) is 5.32. The van der Waals surface area contributed by atoms with Crippen molar-refractivity contribution in [2.24, 2.45) is 0 Å². The van der Waals surface area contributed by atoms with E-state index in [2.05, 4.69) is 10.3 Å². The Bertz CT molecular complexity index is 1040. The summed E-state index contributed by atoms with van der Waals surface area (Å²) in [5.41, 5.74) is 3.61. The molecule has 0 saturated heterocycles. The molecular formula is C16H13ClN4O3S2. The van der Waals surface area contributed by atoms with Crippen LogP contribution in [0.3, 0.4) is 0 Å². The number of benzene rings is 1. The average Bonchev–Trinajstić information content (AvgIpc) is 3.25. The molecule has 0 atom stereocenters. The molecule has 0 fully saturated rings. The SMILES string of the molecule is O=C(Nc1ccc(-n2c(O)c3n(c2=S)CCOC3)c(Cl)c1)c1cscn1. The Hall–Kier alpha value is -2.20. The molecule has 1 aromatic carbocycles. The molecule has 0 saturated carbocycles. The van der Waals surface area contributed by atoms with E-state index in [1.54, 1.807) is 29.1 Å². The van der Waals surface area contributed by atoms with Gasteiger partial charge in [0.05, 0.1) is 29.4 Å². The number of imidazole rings is 1. The van der Waals surface area contributed by atoms with Crippen molar-refractivity contribution < 1.29 is 14.6 Å². The summed E-state index contributed by atoms with van der Waals surface area (Å²) in [5, 5.41) is 15.3. The van der Waals surface area contributed by atoms with Gasteiger partial charge in [0, 0.05) is 17.6 Å². The highest BCUT2D eigenvalue weighted by atomic mass is 35.5. The summed E-state index contributed by atoms with van der Waals surface area (Å²) < 4.78 is 9.17. The molecule has 3 heterocycles. The topological polar surface area (TPSA) is 81.3 Å². The van der Waals surface area contributed by atoms with Crippen LogP contribution in [0.15, 0.2) is 29.1 Å². The van der Waals surface area contributed by atoms with E-state index in [0.717, 1.165) is 0 Å². The van der Waals surface area contributed by atoms with Gasteiger partial charge in [-0.1, -0.05) is 11.6 Å². The number of carbonyl (C=O) groups excluding carboxylic acids is 1. The summed E-state index contributed by atoms with van der Waals surface area (Å²) in [6, 6.07) is 5.00. The molecular weight excluding hydrogens is 396 g/mol. The molecule has 1 aliphatic heterocycles. The van der Waals surface area contributed by atoms with Gasteiger partial charge >= 0.3 is 0 Å². The standard InChI is InChI=1S/C16H13ClN4O3S2/c17-10-5-9(19-14(22)11-7-26-8-18-11)1-2-12(10)21-15(23)13-6-24-4-3-20(13)16(21)25/h1-2,5,7-8,23H,3-4,6H2,(H,19,22). The van der Waals surface area contributed by atoms with Crippen LogP contribution in [0.4, 0.5) is 5.69 Å². The van der Waals surface area contributed by atoms with Gasteiger partial charge in [-0.05, 0) is 30.4 Å². The van der Waals surface area contributed by atoms with E-state index in [9.17, 15) is 9.90 Å². The van der Waals surface area contributed by atoms with Gasteiger partial charge in [-0.15, -0.1) is 11.3 Å². The van der Waals surface area contributed by atoms with Crippen LogP contribution in [0.25, 0.3) is 5.69 Å². The van der Waals surface area contributed by atoms with Gasteiger partial charge in [0.25, 0.3) is 5.91 Å². The molecule has 10 heteroatoms. The number of halogens is 1. The summed E-state index contributed by atoms with van der Waals surface area (Å²) in [5.74, 6) is -0.304. The van der Waals surface area contributed by atoms with E-state index >= 15 is 0 Å². The summed E-state index contributed by atoms with van der Waals surface area (Å²) in [6.07, 6.45) is 0. The molecule has 0 aliphatic carbocycles. The zero-order valence-electron chi connectivity index (χ0n) is 13.3. The number of nitrogens with one attached hydrogen (secondary N) is 1. The van der Waals surface area contributed by atoms with Gasteiger partial charge in [0.1, 0.15) is 11.4 Å². The summed E-state index contributed by atoms with van der Waals surface area (Å²) in [7, 11) is 0. The molecule has 4 rings (SSSR count). The van der Waals surface area contributed by atoms with Crippen LogP contribution in [-0.2, 0) is 17.9 Å². The van der Waals surface area contributed by atoms with Crippen molar-refractivity contribution in [3.05, 3.63) is 50.3 Å². The summed E-state index contributed by atoms with van der Waals surface area (Å²) in [6.45, 7) is 1.41. The number of nitrogens with zero attached hydrogens (tertiary/aromatic N) is 3. The fraction of sp³-hybridized carbons (Fsp3) is 0.188. The summed E-state index contributed by atoms with van der Waals surface area (Å²) in [4.78, 5) is 16.1. The van der Waals surface area contributed by atoms with Gasteiger partial charge in [0.15, 0.2) is 4.77 Å². The van der Waals surface area contributed by atoms with E-state index in [1.807, 2.05) is 4.57 Å². The minimum Gasteiger partial charge on any atom is -0.493 e. The molecule has 1 amide bonds. The number of thiazole rings is 1. The van der Waals surface area contributed by atoms with Crippen molar-refractivity contribution in [1.82, 2.24) is 14.1 Å². The van der Waals surface area contributed by atoms with Gasteiger partial charge < -0.3 is 19.7 Å². The van der Waals surface area contributed by atoms with Crippen molar-refractivity contribution in [2.75, 3.05) is 11.9 Å². The number of amides is 1. The highest BCUT2D eigenvalue weighted by Crippen LogP contribution is 2.32. The van der Waals surface area contributed by atoms with Crippen LogP contribution in [-0.4, -0.2) is 31.7 Å². The van der Waals surface area contributed by atoms with E-state index < -0.39 is 0 Å². The first-order chi connectivity index (χ1) is 12.6. The Morgan fingerprint density at radius 2 is 2.31 bits per heavy atom. The first-order valence-electron chi connectivity index (χ1n) is 7.67. The average molecular weight is 409 g/mol. The number of aromatic hydroxyl groups is 1. The maximum Gasteiger partial charge on any atom is 0.275 e. The monoisotopic (exact) mass is 408 g/mol. The minimum absolute atomic E-state index is 0.0101. The van der Waals surface area contributed by atoms with Crippen LogP contribution in [0.1, 0.15) is 16.2 Å². The van der Waals surface area contributed by atoms with E-state index in [4.69, 9.17) is 28.6 Å². The normalized spacial score (nSPS) is 13.4. The van der Waals surface area contributed by atoms with Crippen LogP contribution in [0, 0.1) is 4.77 Å². The lowest BCUT2D eigenvalue weighted by molar-refractivity contribution is 0.0825. The zero-order valence-corrected chi connectivity index (χ0v) is 15.7. The molecule has 1 aliphatic rings. The molecule has 26 heavy (non-hydrogen) atoms. The minimum atomic E-state index is -0.314. The maximum atomic E-state index is 12.1. The van der Waals surface area contributed by atoms with Crippen molar-refractivity contribution in [3.63, 3.8) is 0 Å². The quantitative estimate of drug-likeness (QED) is 0.647. The first-order valence-corrected chi connectivity index (χ1v) is 9.39. The lowest BCUT2D eigenvalue weighted by Crippen LogP contribution is -2.16. The van der Waals surface area contributed by atoms with Gasteiger partial charge in [0.2, 0.25) is 5.88 Å². The first kappa shape index (κ1) is 17.2. The third-order valence-electron chi connectivity index (χ3n) is 4.03. The van der Waals surface area contributed by atoms with E-state index in [0.29, 0.717) is 52.3 Å². The number of anilines is 1.